The second kappa shape index (κ2) is 5.65. The molecule has 0 aliphatic rings. The van der Waals surface area contributed by atoms with Gasteiger partial charge in [0.25, 0.3) is 0 Å². The van der Waals surface area contributed by atoms with Crippen LogP contribution >= 0.6 is 0 Å². The van der Waals surface area contributed by atoms with Gasteiger partial charge in [0.05, 0.1) is 11.3 Å². The third kappa shape index (κ3) is 2.81. The number of hydrogen-bond donors (Lipinski definition) is 1. The fraction of sp³-hybridized carbons (Fsp3) is 0.357. The Morgan fingerprint density at radius 1 is 1.26 bits per heavy atom. The van der Waals surface area contributed by atoms with Crippen LogP contribution in [0, 0.1) is 13.8 Å². The van der Waals surface area contributed by atoms with Gasteiger partial charge in [-0.2, -0.15) is 4.98 Å². The average Bonchev–Trinajstić information content (AvgIpc) is 2.43. The summed E-state index contributed by atoms with van der Waals surface area (Å²) in [5.74, 6) is 2.84. The Hall–Kier alpha value is -2.17. The van der Waals surface area contributed by atoms with Crippen LogP contribution in [0.3, 0.4) is 0 Å². The quantitative estimate of drug-likeness (QED) is 0.913. The van der Waals surface area contributed by atoms with Crippen molar-refractivity contribution >= 4 is 5.82 Å². The Bertz CT molecular complexity index is 584. The number of aryl methyl sites for hydroxylation is 2. The van der Waals surface area contributed by atoms with Gasteiger partial charge in [0.1, 0.15) is 11.6 Å². The lowest BCUT2D eigenvalue weighted by atomic mass is 10.3. The third-order valence-electron chi connectivity index (χ3n) is 2.87. The average molecular weight is 258 g/mol. The highest BCUT2D eigenvalue weighted by Crippen LogP contribution is 2.28. The first kappa shape index (κ1) is 13.3. The maximum atomic E-state index is 5.87. The summed E-state index contributed by atoms with van der Waals surface area (Å²) in [5.41, 5.74) is 1.73. The summed E-state index contributed by atoms with van der Waals surface area (Å²) in [5, 5.41) is 3.06. The number of anilines is 1. The molecule has 100 valence electrons. The molecule has 2 heterocycles. The molecular weight excluding hydrogens is 240 g/mol. The molecule has 0 fully saturated rings. The summed E-state index contributed by atoms with van der Waals surface area (Å²) in [6, 6.07) is 3.73. The topological polar surface area (TPSA) is 59.9 Å². The molecule has 1 N–H and O–H groups in total. The number of ether oxygens (including phenoxy) is 1. The van der Waals surface area contributed by atoms with Crippen LogP contribution in [0.4, 0.5) is 5.82 Å². The van der Waals surface area contributed by atoms with Gasteiger partial charge in [0.15, 0.2) is 5.75 Å². The SMILES string of the molecule is CCc1nc(NC)c(C)c(Oc2cccnc2C)n1. The van der Waals surface area contributed by atoms with Crippen molar-refractivity contribution in [1.29, 1.82) is 0 Å². The smallest absolute Gasteiger partial charge is 0.227 e. The molecule has 0 bridgehead atoms. The van der Waals surface area contributed by atoms with E-state index in [-0.39, 0.29) is 0 Å². The summed E-state index contributed by atoms with van der Waals surface area (Å²) >= 11 is 0. The van der Waals surface area contributed by atoms with Crippen LogP contribution in [-0.4, -0.2) is 22.0 Å². The first-order valence-electron chi connectivity index (χ1n) is 6.30. The van der Waals surface area contributed by atoms with Gasteiger partial charge < -0.3 is 10.1 Å². The van der Waals surface area contributed by atoms with Crippen LogP contribution in [-0.2, 0) is 6.42 Å². The van der Waals surface area contributed by atoms with Gasteiger partial charge in [0.2, 0.25) is 5.88 Å². The highest BCUT2D eigenvalue weighted by Gasteiger charge is 2.12. The van der Waals surface area contributed by atoms with Gasteiger partial charge in [0, 0.05) is 19.7 Å². The second-order valence-corrected chi connectivity index (χ2v) is 4.21. The molecule has 0 aliphatic carbocycles. The molecule has 2 aromatic heterocycles. The number of hydrogen-bond acceptors (Lipinski definition) is 5. The van der Waals surface area contributed by atoms with Crippen molar-refractivity contribution in [3.05, 3.63) is 35.4 Å². The van der Waals surface area contributed by atoms with Crippen molar-refractivity contribution in [2.75, 3.05) is 12.4 Å². The zero-order valence-corrected chi connectivity index (χ0v) is 11.7. The maximum Gasteiger partial charge on any atom is 0.227 e. The molecule has 0 atom stereocenters. The number of nitrogens with one attached hydrogen (secondary N) is 1. The zero-order valence-electron chi connectivity index (χ0n) is 11.7. The van der Waals surface area contributed by atoms with E-state index in [0.29, 0.717) is 11.6 Å². The van der Waals surface area contributed by atoms with Crippen molar-refractivity contribution in [3.8, 4) is 11.6 Å². The van der Waals surface area contributed by atoms with Crippen LogP contribution in [0.15, 0.2) is 18.3 Å². The van der Waals surface area contributed by atoms with Crippen molar-refractivity contribution < 1.29 is 4.74 Å². The monoisotopic (exact) mass is 258 g/mol. The molecule has 2 aromatic rings. The Morgan fingerprint density at radius 2 is 2.05 bits per heavy atom. The summed E-state index contributed by atoms with van der Waals surface area (Å²) in [4.78, 5) is 13.1. The van der Waals surface area contributed by atoms with Crippen LogP contribution in [0.25, 0.3) is 0 Å². The number of aromatic nitrogens is 3. The Kier molecular flexibility index (Phi) is 3.94. The third-order valence-corrected chi connectivity index (χ3v) is 2.87. The van der Waals surface area contributed by atoms with Gasteiger partial charge in [-0.15, -0.1) is 0 Å². The molecule has 19 heavy (non-hydrogen) atoms. The molecule has 0 aromatic carbocycles. The fourth-order valence-electron chi connectivity index (χ4n) is 1.72. The summed E-state index contributed by atoms with van der Waals surface area (Å²) in [7, 11) is 1.84. The van der Waals surface area contributed by atoms with Crippen molar-refractivity contribution in [3.63, 3.8) is 0 Å². The molecule has 0 spiro atoms. The fourth-order valence-corrected chi connectivity index (χ4v) is 1.72. The van der Waals surface area contributed by atoms with Crippen molar-refractivity contribution in [1.82, 2.24) is 15.0 Å². The van der Waals surface area contributed by atoms with Crippen LogP contribution in [0.1, 0.15) is 24.0 Å². The Labute approximate surface area is 113 Å². The lowest BCUT2D eigenvalue weighted by molar-refractivity contribution is 0.449. The van der Waals surface area contributed by atoms with Crippen LogP contribution < -0.4 is 10.1 Å². The van der Waals surface area contributed by atoms with E-state index in [1.54, 1.807) is 6.20 Å². The lowest BCUT2D eigenvalue weighted by Gasteiger charge is -2.13. The largest absolute Gasteiger partial charge is 0.437 e. The highest BCUT2D eigenvalue weighted by molar-refractivity contribution is 5.49. The van der Waals surface area contributed by atoms with Crippen molar-refractivity contribution in [2.45, 2.75) is 27.2 Å². The number of pyridine rings is 1. The molecule has 5 nitrogen and oxygen atoms in total. The van der Waals surface area contributed by atoms with Crippen LogP contribution in [0.2, 0.25) is 0 Å². The molecule has 0 saturated carbocycles. The first-order chi connectivity index (χ1) is 9.15. The van der Waals surface area contributed by atoms with Gasteiger partial charge in [-0.3, -0.25) is 4.98 Å². The molecule has 0 radical (unpaired) electrons. The van der Waals surface area contributed by atoms with Gasteiger partial charge in [-0.25, -0.2) is 4.98 Å². The Balaban J connectivity index is 2.42. The summed E-state index contributed by atoms with van der Waals surface area (Å²) in [6.45, 7) is 5.86. The summed E-state index contributed by atoms with van der Waals surface area (Å²) < 4.78 is 5.87. The Morgan fingerprint density at radius 3 is 2.68 bits per heavy atom. The first-order valence-corrected chi connectivity index (χ1v) is 6.30. The standard InChI is InChI=1S/C14H18N4O/c1-5-12-17-13(15-4)9(2)14(18-12)19-11-7-6-8-16-10(11)3/h6-8H,5H2,1-4H3,(H,15,17,18). The number of nitrogens with zero attached hydrogens (tertiary/aromatic N) is 3. The predicted molar refractivity (Wildman–Crippen MR) is 74.7 cm³/mol. The summed E-state index contributed by atoms with van der Waals surface area (Å²) in [6.07, 6.45) is 2.50. The van der Waals surface area contributed by atoms with Gasteiger partial charge >= 0.3 is 0 Å². The predicted octanol–water partition coefficient (Wildman–Crippen LogP) is 2.88. The van der Waals surface area contributed by atoms with E-state index in [9.17, 15) is 0 Å². The van der Waals surface area contributed by atoms with Gasteiger partial charge in [-0.1, -0.05) is 6.92 Å². The van der Waals surface area contributed by atoms with Gasteiger partial charge in [-0.05, 0) is 26.0 Å². The van der Waals surface area contributed by atoms with E-state index in [1.165, 1.54) is 0 Å². The van der Waals surface area contributed by atoms with Crippen molar-refractivity contribution in [2.24, 2.45) is 0 Å². The molecule has 0 unspecified atom stereocenters. The molecule has 0 aliphatic heterocycles. The molecule has 0 amide bonds. The normalized spacial score (nSPS) is 10.3. The lowest BCUT2D eigenvalue weighted by Crippen LogP contribution is -2.05. The minimum absolute atomic E-state index is 0.576. The molecule has 2 rings (SSSR count). The van der Waals surface area contributed by atoms with E-state index >= 15 is 0 Å². The van der Waals surface area contributed by atoms with Crippen LogP contribution in [0.5, 0.6) is 11.6 Å². The molecular formula is C14H18N4O. The second-order valence-electron chi connectivity index (χ2n) is 4.21. The molecule has 0 saturated heterocycles. The van der Waals surface area contributed by atoms with E-state index in [0.717, 1.165) is 29.3 Å². The maximum absolute atomic E-state index is 5.87. The number of rotatable bonds is 4. The zero-order chi connectivity index (χ0) is 13.8. The van der Waals surface area contributed by atoms with E-state index in [1.807, 2.05) is 40.0 Å². The van der Waals surface area contributed by atoms with E-state index in [2.05, 4.69) is 20.3 Å². The minimum atomic E-state index is 0.576. The van der Waals surface area contributed by atoms with E-state index in [4.69, 9.17) is 4.74 Å². The minimum Gasteiger partial charge on any atom is -0.437 e. The molecule has 5 heteroatoms. The highest BCUT2D eigenvalue weighted by atomic mass is 16.5. The van der Waals surface area contributed by atoms with E-state index < -0.39 is 0 Å².